The van der Waals surface area contributed by atoms with Crippen LogP contribution in [0.3, 0.4) is 0 Å². The van der Waals surface area contributed by atoms with Crippen molar-refractivity contribution >= 4 is 37.8 Å². The molecule has 0 fully saturated rings. The molecule has 2 aromatic heterocycles. The molecule has 0 aliphatic heterocycles. The Labute approximate surface area is 164 Å². The van der Waals surface area contributed by atoms with Crippen LogP contribution in [0.15, 0.2) is 53.4 Å². The summed E-state index contributed by atoms with van der Waals surface area (Å²) in [6, 6.07) is 14.6. The second-order valence-corrected chi connectivity index (χ2v) is 8.59. The van der Waals surface area contributed by atoms with Gasteiger partial charge in [0.25, 0.3) is 0 Å². The number of hydrogen-bond donors (Lipinski definition) is 0. The van der Waals surface area contributed by atoms with Gasteiger partial charge in [-0.05, 0) is 56.4 Å². The number of aryl methyl sites for hydroxylation is 3. The average molecular weight is 393 g/mol. The van der Waals surface area contributed by atoms with E-state index in [1.807, 2.05) is 45.0 Å². The van der Waals surface area contributed by atoms with Crippen LogP contribution in [-0.4, -0.2) is 23.2 Å². The predicted molar refractivity (Wildman–Crippen MR) is 111 cm³/mol. The van der Waals surface area contributed by atoms with E-state index < -0.39 is 10.0 Å². The Hall–Kier alpha value is -2.93. The van der Waals surface area contributed by atoms with Gasteiger partial charge in [0.2, 0.25) is 10.0 Å². The van der Waals surface area contributed by atoms with Crippen molar-refractivity contribution < 1.29 is 8.42 Å². The van der Waals surface area contributed by atoms with Crippen molar-refractivity contribution in [1.82, 2.24) is 14.8 Å². The number of rotatable bonds is 5. The van der Waals surface area contributed by atoms with Crippen LogP contribution >= 0.6 is 0 Å². The standard InChI is InChI=1S/C21H21N4O2S/c1-4-11-25-21-18(13-16-12-15(3)7-10-19(16)22-21)20(23-25)24-28(26,27)17-8-5-14(2)6-9-17/h5-10,12-13H,4,11H2,1-3H3/q-1. The van der Waals surface area contributed by atoms with Gasteiger partial charge in [-0.15, -0.1) is 0 Å². The summed E-state index contributed by atoms with van der Waals surface area (Å²) < 4.78 is 31.4. The zero-order valence-electron chi connectivity index (χ0n) is 16.0. The first kappa shape index (κ1) is 18.4. The molecule has 0 atom stereocenters. The third-order valence-corrected chi connectivity index (χ3v) is 5.89. The summed E-state index contributed by atoms with van der Waals surface area (Å²) in [7, 11) is -3.86. The lowest BCUT2D eigenvalue weighted by Gasteiger charge is -2.14. The zero-order chi connectivity index (χ0) is 19.9. The minimum Gasteiger partial charge on any atom is -0.372 e. The van der Waals surface area contributed by atoms with Gasteiger partial charge in [-0.2, -0.15) is 0 Å². The van der Waals surface area contributed by atoms with Crippen molar-refractivity contribution in [2.75, 3.05) is 0 Å². The number of benzene rings is 2. The lowest BCUT2D eigenvalue weighted by molar-refractivity contribution is 0.602. The third-order valence-electron chi connectivity index (χ3n) is 4.61. The van der Waals surface area contributed by atoms with Crippen molar-refractivity contribution in [2.24, 2.45) is 0 Å². The highest BCUT2D eigenvalue weighted by molar-refractivity contribution is 7.94. The number of fused-ring (bicyclic) bond motifs is 2. The van der Waals surface area contributed by atoms with Crippen molar-refractivity contribution in [2.45, 2.75) is 38.6 Å². The molecule has 0 spiro atoms. The Balaban J connectivity index is 1.86. The van der Waals surface area contributed by atoms with Gasteiger partial charge in [0, 0.05) is 17.3 Å². The summed E-state index contributed by atoms with van der Waals surface area (Å²) in [4.78, 5) is 4.87. The van der Waals surface area contributed by atoms with E-state index >= 15 is 0 Å². The first-order valence-electron chi connectivity index (χ1n) is 9.20. The van der Waals surface area contributed by atoms with E-state index in [1.54, 1.807) is 28.9 Å². The van der Waals surface area contributed by atoms with Crippen LogP contribution in [0.25, 0.3) is 26.7 Å². The molecule has 144 valence electrons. The van der Waals surface area contributed by atoms with Gasteiger partial charge in [-0.1, -0.05) is 36.2 Å². The van der Waals surface area contributed by atoms with Gasteiger partial charge in [-0.25, -0.2) is 13.4 Å². The van der Waals surface area contributed by atoms with E-state index in [0.717, 1.165) is 28.5 Å². The van der Waals surface area contributed by atoms with Gasteiger partial charge < -0.3 is 14.5 Å². The fraction of sp³-hybridized carbons (Fsp3) is 0.238. The molecule has 4 aromatic rings. The smallest absolute Gasteiger partial charge is 0.202 e. The Morgan fingerprint density at radius 2 is 1.71 bits per heavy atom. The number of aromatic nitrogens is 3. The lowest BCUT2D eigenvalue weighted by Crippen LogP contribution is -2.01. The molecule has 0 saturated carbocycles. The monoisotopic (exact) mass is 393 g/mol. The molecule has 0 radical (unpaired) electrons. The lowest BCUT2D eigenvalue weighted by atomic mass is 10.1. The Bertz CT molecular complexity index is 1280. The van der Waals surface area contributed by atoms with Crippen LogP contribution in [-0.2, 0) is 16.6 Å². The number of nitrogens with zero attached hydrogens (tertiary/aromatic N) is 4. The summed E-state index contributed by atoms with van der Waals surface area (Å²) in [6.45, 7) is 6.60. The van der Waals surface area contributed by atoms with Crippen molar-refractivity contribution in [1.29, 1.82) is 0 Å². The van der Waals surface area contributed by atoms with Crippen LogP contribution < -0.4 is 0 Å². The van der Waals surface area contributed by atoms with Crippen LogP contribution in [0.5, 0.6) is 0 Å². The van der Waals surface area contributed by atoms with Crippen molar-refractivity contribution in [3.63, 3.8) is 0 Å². The third kappa shape index (κ3) is 3.33. The van der Waals surface area contributed by atoms with Gasteiger partial charge >= 0.3 is 0 Å². The molecule has 0 amide bonds. The molecule has 0 bridgehead atoms. The van der Waals surface area contributed by atoms with Crippen LogP contribution in [0.1, 0.15) is 24.5 Å². The number of pyridine rings is 1. The molecule has 0 N–H and O–H groups in total. The fourth-order valence-electron chi connectivity index (χ4n) is 3.17. The molecule has 6 nitrogen and oxygen atoms in total. The summed E-state index contributed by atoms with van der Waals surface area (Å²) >= 11 is 0. The van der Waals surface area contributed by atoms with E-state index in [0.29, 0.717) is 17.6 Å². The molecule has 0 aliphatic rings. The first-order valence-corrected chi connectivity index (χ1v) is 10.6. The maximum atomic E-state index is 12.8. The highest BCUT2D eigenvalue weighted by Gasteiger charge is 2.14. The molecule has 2 heterocycles. The maximum absolute atomic E-state index is 12.8. The molecule has 28 heavy (non-hydrogen) atoms. The molecule has 0 saturated heterocycles. The van der Waals surface area contributed by atoms with Crippen molar-refractivity contribution in [3.05, 3.63) is 64.4 Å². The maximum Gasteiger partial charge on any atom is 0.202 e. The number of hydrogen-bond acceptors (Lipinski definition) is 4. The summed E-state index contributed by atoms with van der Waals surface area (Å²) in [5.74, 6) is 0.180. The first-order chi connectivity index (χ1) is 13.4. The van der Waals surface area contributed by atoms with Crippen LogP contribution in [0.2, 0.25) is 0 Å². The van der Waals surface area contributed by atoms with Gasteiger partial charge in [0.15, 0.2) is 0 Å². The summed E-state index contributed by atoms with van der Waals surface area (Å²) in [5, 5.41) is 6.04. The van der Waals surface area contributed by atoms with E-state index in [4.69, 9.17) is 4.98 Å². The largest absolute Gasteiger partial charge is 0.372 e. The van der Waals surface area contributed by atoms with Crippen LogP contribution in [0.4, 0.5) is 5.82 Å². The van der Waals surface area contributed by atoms with Gasteiger partial charge in [0.05, 0.1) is 10.4 Å². The second-order valence-electron chi connectivity index (χ2n) is 6.98. The molecular formula is C21H21N4O2S-. The average Bonchev–Trinajstić information content (AvgIpc) is 2.96. The Kier molecular flexibility index (Phi) is 4.55. The van der Waals surface area contributed by atoms with Crippen molar-refractivity contribution in [3.8, 4) is 0 Å². The van der Waals surface area contributed by atoms with E-state index in [2.05, 4.69) is 9.82 Å². The number of sulfonamides is 1. The van der Waals surface area contributed by atoms with E-state index in [-0.39, 0.29) is 10.7 Å². The minimum atomic E-state index is -3.86. The normalized spacial score (nSPS) is 12.0. The van der Waals surface area contributed by atoms with E-state index in [1.165, 1.54) is 0 Å². The quantitative estimate of drug-likeness (QED) is 0.478. The van der Waals surface area contributed by atoms with Gasteiger partial charge in [0.1, 0.15) is 5.65 Å². The topological polar surface area (TPSA) is 79.0 Å². The molecule has 0 aliphatic carbocycles. The highest BCUT2D eigenvalue weighted by Crippen LogP contribution is 2.34. The molecule has 4 rings (SSSR count). The van der Waals surface area contributed by atoms with E-state index in [9.17, 15) is 8.42 Å². The molecule has 0 unspecified atom stereocenters. The molecular weight excluding hydrogens is 372 g/mol. The SMILES string of the molecule is CCCn1nc([N-]S(=O)(=O)c2ccc(C)cc2)c2cc3cc(C)ccc3nc21. The summed E-state index contributed by atoms with van der Waals surface area (Å²) in [5.41, 5.74) is 3.60. The minimum absolute atomic E-state index is 0.154. The fourth-order valence-corrected chi connectivity index (χ4v) is 4.12. The second kappa shape index (κ2) is 6.91. The highest BCUT2D eigenvalue weighted by atomic mass is 32.2. The zero-order valence-corrected chi connectivity index (χ0v) is 16.9. The Morgan fingerprint density at radius 1 is 1.00 bits per heavy atom. The van der Waals surface area contributed by atoms with Gasteiger partial charge in [-0.3, -0.25) is 0 Å². The Morgan fingerprint density at radius 3 is 2.43 bits per heavy atom. The van der Waals surface area contributed by atoms with Crippen LogP contribution in [0, 0.1) is 13.8 Å². The molecule has 7 heteroatoms. The molecule has 2 aromatic carbocycles. The predicted octanol–water partition coefficient (Wildman–Crippen LogP) is 5.01. The summed E-state index contributed by atoms with van der Waals surface area (Å²) in [6.07, 6.45) is 0.856.